The van der Waals surface area contributed by atoms with Crippen LogP contribution in [0.4, 0.5) is 0 Å². The third-order valence-electron chi connectivity index (χ3n) is 2.67. The average molecular weight is 299 g/mol. The molecule has 0 spiro atoms. The minimum atomic E-state index is 0.609. The highest BCUT2D eigenvalue weighted by atomic mass is 127. The zero-order valence-corrected chi connectivity index (χ0v) is 10.9. The summed E-state index contributed by atoms with van der Waals surface area (Å²) in [5.41, 5.74) is 2.73. The summed E-state index contributed by atoms with van der Waals surface area (Å²) in [5.74, 6) is 0.609. The lowest BCUT2D eigenvalue weighted by molar-refractivity contribution is 0.868. The summed E-state index contributed by atoms with van der Waals surface area (Å²) >= 11 is 2.37. The average Bonchev–Trinajstić information content (AvgIpc) is 2.42. The second kappa shape index (κ2) is 3.57. The topological polar surface area (TPSA) is 4.93 Å². The molecule has 1 heterocycles. The van der Waals surface area contributed by atoms with Gasteiger partial charge in [0.05, 0.1) is 3.70 Å². The van der Waals surface area contributed by atoms with Crippen molar-refractivity contribution in [2.75, 3.05) is 0 Å². The fourth-order valence-corrected chi connectivity index (χ4v) is 2.29. The van der Waals surface area contributed by atoms with Crippen molar-refractivity contribution in [1.82, 2.24) is 4.57 Å². The predicted octanol–water partition coefficient (Wildman–Crippen LogP) is 3.91. The van der Waals surface area contributed by atoms with E-state index in [1.165, 1.54) is 20.2 Å². The molecule has 0 saturated carbocycles. The SMILES string of the molecule is CC(C)c1ccc2c(c1)cc(I)n2C. The van der Waals surface area contributed by atoms with Crippen molar-refractivity contribution in [1.29, 1.82) is 0 Å². The molecular formula is C12H14IN. The summed E-state index contributed by atoms with van der Waals surface area (Å²) in [6.45, 7) is 4.46. The van der Waals surface area contributed by atoms with Crippen LogP contribution in [0, 0.1) is 3.70 Å². The molecule has 1 aromatic heterocycles. The van der Waals surface area contributed by atoms with E-state index in [0.29, 0.717) is 5.92 Å². The molecule has 0 bridgehead atoms. The Kier molecular flexibility index (Phi) is 2.56. The van der Waals surface area contributed by atoms with Gasteiger partial charge in [-0.1, -0.05) is 19.9 Å². The normalized spacial score (nSPS) is 11.5. The molecule has 0 aliphatic carbocycles. The monoisotopic (exact) mass is 299 g/mol. The Morgan fingerprint density at radius 3 is 2.57 bits per heavy atom. The van der Waals surface area contributed by atoms with Crippen LogP contribution in [0.1, 0.15) is 25.3 Å². The lowest BCUT2D eigenvalue weighted by Gasteiger charge is -2.05. The van der Waals surface area contributed by atoms with E-state index in [0.717, 1.165) is 0 Å². The van der Waals surface area contributed by atoms with E-state index in [-0.39, 0.29) is 0 Å². The fourth-order valence-electron chi connectivity index (χ4n) is 1.69. The van der Waals surface area contributed by atoms with Gasteiger partial charge in [0.15, 0.2) is 0 Å². The molecule has 0 aliphatic rings. The van der Waals surface area contributed by atoms with Crippen LogP contribution in [-0.4, -0.2) is 4.57 Å². The Hall–Kier alpha value is -0.510. The number of hydrogen-bond donors (Lipinski definition) is 0. The molecule has 1 nitrogen and oxygen atoms in total. The minimum Gasteiger partial charge on any atom is -0.339 e. The van der Waals surface area contributed by atoms with E-state index in [1.807, 2.05) is 0 Å². The van der Waals surface area contributed by atoms with Crippen LogP contribution >= 0.6 is 22.6 Å². The predicted molar refractivity (Wildman–Crippen MR) is 69.7 cm³/mol. The Morgan fingerprint density at radius 1 is 1.21 bits per heavy atom. The van der Waals surface area contributed by atoms with Crippen LogP contribution in [0.3, 0.4) is 0 Å². The van der Waals surface area contributed by atoms with E-state index >= 15 is 0 Å². The number of aromatic nitrogens is 1. The molecule has 0 unspecified atom stereocenters. The number of rotatable bonds is 1. The van der Waals surface area contributed by atoms with Crippen LogP contribution in [0.5, 0.6) is 0 Å². The molecule has 2 rings (SSSR count). The van der Waals surface area contributed by atoms with Crippen LogP contribution in [0.2, 0.25) is 0 Å². The van der Waals surface area contributed by atoms with E-state index in [9.17, 15) is 0 Å². The van der Waals surface area contributed by atoms with Crippen LogP contribution in [0.25, 0.3) is 10.9 Å². The van der Waals surface area contributed by atoms with Crippen molar-refractivity contribution in [3.8, 4) is 0 Å². The third-order valence-corrected chi connectivity index (χ3v) is 3.71. The molecule has 2 aromatic rings. The lowest BCUT2D eigenvalue weighted by atomic mass is 10.0. The highest BCUT2D eigenvalue weighted by Crippen LogP contribution is 2.24. The summed E-state index contributed by atoms with van der Waals surface area (Å²) < 4.78 is 3.51. The zero-order chi connectivity index (χ0) is 10.3. The molecule has 0 radical (unpaired) electrons. The summed E-state index contributed by atoms with van der Waals surface area (Å²) in [4.78, 5) is 0. The third kappa shape index (κ3) is 1.56. The van der Waals surface area contributed by atoms with Gasteiger partial charge in [-0.05, 0) is 52.3 Å². The van der Waals surface area contributed by atoms with E-state index < -0.39 is 0 Å². The highest BCUT2D eigenvalue weighted by Gasteiger charge is 2.05. The van der Waals surface area contributed by atoms with Crippen molar-refractivity contribution in [2.45, 2.75) is 19.8 Å². The van der Waals surface area contributed by atoms with Crippen LogP contribution in [-0.2, 0) is 7.05 Å². The first-order chi connectivity index (χ1) is 6.59. The van der Waals surface area contributed by atoms with E-state index in [2.05, 4.69) is 72.3 Å². The summed E-state index contributed by atoms with van der Waals surface area (Å²) in [5, 5.41) is 1.35. The van der Waals surface area contributed by atoms with Gasteiger partial charge in [0.1, 0.15) is 0 Å². The minimum absolute atomic E-state index is 0.609. The lowest BCUT2D eigenvalue weighted by Crippen LogP contribution is -1.90. The summed E-state index contributed by atoms with van der Waals surface area (Å²) in [7, 11) is 2.11. The van der Waals surface area contributed by atoms with Crippen molar-refractivity contribution in [2.24, 2.45) is 7.05 Å². The number of benzene rings is 1. The molecule has 1 aromatic carbocycles. The molecule has 2 heteroatoms. The van der Waals surface area contributed by atoms with Gasteiger partial charge in [-0.15, -0.1) is 0 Å². The largest absolute Gasteiger partial charge is 0.339 e. The summed E-state index contributed by atoms with van der Waals surface area (Å²) in [6.07, 6.45) is 0. The Bertz CT molecular complexity index is 468. The van der Waals surface area contributed by atoms with Gasteiger partial charge in [0.25, 0.3) is 0 Å². The van der Waals surface area contributed by atoms with E-state index in [1.54, 1.807) is 0 Å². The Morgan fingerprint density at radius 2 is 1.93 bits per heavy atom. The summed E-state index contributed by atoms with van der Waals surface area (Å²) in [6, 6.07) is 8.97. The van der Waals surface area contributed by atoms with Crippen LogP contribution < -0.4 is 0 Å². The second-order valence-electron chi connectivity index (χ2n) is 4.00. The maximum absolute atomic E-state index is 2.37. The number of fused-ring (bicyclic) bond motifs is 1. The van der Waals surface area contributed by atoms with Crippen molar-refractivity contribution >= 4 is 33.5 Å². The molecule has 0 atom stereocenters. The second-order valence-corrected chi connectivity index (χ2v) is 5.10. The van der Waals surface area contributed by atoms with Gasteiger partial charge < -0.3 is 4.57 Å². The quantitative estimate of drug-likeness (QED) is 0.704. The van der Waals surface area contributed by atoms with Gasteiger partial charge in [-0.2, -0.15) is 0 Å². The molecular weight excluding hydrogens is 285 g/mol. The Labute approximate surface area is 98.3 Å². The molecule has 0 saturated heterocycles. The number of hydrogen-bond acceptors (Lipinski definition) is 0. The standard InChI is InChI=1S/C12H14IN/c1-8(2)9-4-5-11-10(6-9)7-12(13)14(11)3/h4-8H,1-3H3. The van der Waals surface area contributed by atoms with Gasteiger partial charge in [0, 0.05) is 18.0 Å². The number of halogens is 1. The van der Waals surface area contributed by atoms with Crippen molar-refractivity contribution in [3.05, 3.63) is 33.5 Å². The molecule has 14 heavy (non-hydrogen) atoms. The smallest absolute Gasteiger partial charge is 0.0806 e. The van der Waals surface area contributed by atoms with E-state index in [4.69, 9.17) is 0 Å². The van der Waals surface area contributed by atoms with Crippen molar-refractivity contribution < 1.29 is 0 Å². The fraction of sp³-hybridized carbons (Fsp3) is 0.333. The number of nitrogens with zero attached hydrogens (tertiary/aromatic N) is 1. The maximum Gasteiger partial charge on any atom is 0.0806 e. The Balaban J connectivity index is 2.67. The zero-order valence-electron chi connectivity index (χ0n) is 8.71. The maximum atomic E-state index is 2.37. The molecule has 74 valence electrons. The van der Waals surface area contributed by atoms with Gasteiger partial charge in [0.2, 0.25) is 0 Å². The van der Waals surface area contributed by atoms with Crippen molar-refractivity contribution in [3.63, 3.8) is 0 Å². The van der Waals surface area contributed by atoms with Gasteiger partial charge in [-0.25, -0.2) is 0 Å². The first-order valence-electron chi connectivity index (χ1n) is 4.84. The molecule has 0 amide bonds. The first-order valence-corrected chi connectivity index (χ1v) is 5.92. The highest BCUT2D eigenvalue weighted by molar-refractivity contribution is 14.1. The number of aryl methyl sites for hydroxylation is 1. The molecule has 0 aliphatic heterocycles. The van der Waals surface area contributed by atoms with Gasteiger partial charge >= 0.3 is 0 Å². The molecule has 0 fully saturated rings. The first kappa shape index (κ1) is 10.0. The van der Waals surface area contributed by atoms with Crippen LogP contribution in [0.15, 0.2) is 24.3 Å². The molecule has 0 N–H and O–H groups in total. The van der Waals surface area contributed by atoms with Gasteiger partial charge in [-0.3, -0.25) is 0 Å².